The fourth-order valence-electron chi connectivity index (χ4n) is 3.65. The molecule has 0 aliphatic heterocycles. The Bertz CT molecular complexity index is 619. The largest absolute Gasteiger partial charge is 0.543 e. The predicted molar refractivity (Wildman–Crippen MR) is 95.1 cm³/mol. The van der Waals surface area contributed by atoms with E-state index in [0.29, 0.717) is 17.4 Å². The summed E-state index contributed by atoms with van der Waals surface area (Å²) in [6, 6.07) is 5.41. The molecule has 0 saturated heterocycles. The number of ether oxygens (including phenoxy) is 1. The highest BCUT2D eigenvalue weighted by Gasteiger charge is 2.34. The van der Waals surface area contributed by atoms with Crippen LogP contribution in [0.4, 0.5) is 4.79 Å². The first-order valence-corrected chi connectivity index (χ1v) is 9.12. The summed E-state index contributed by atoms with van der Waals surface area (Å²) in [6.07, 6.45) is 1.72. The highest BCUT2D eigenvalue weighted by atomic mass is 17.5. The van der Waals surface area contributed by atoms with E-state index in [1.807, 2.05) is 6.07 Å². The zero-order valence-electron chi connectivity index (χ0n) is 16.1. The maximum atomic E-state index is 12.1. The van der Waals surface area contributed by atoms with E-state index in [-0.39, 0.29) is 12.0 Å². The maximum absolute atomic E-state index is 12.1. The summed E-state index contributed by atoms with van der Waals surface area (Å²) in [7, 11) is 0. The van der Waals surface area contributed by atoms with Crippen LogP contribution in [0.2, 0.25) is 0 Å². The second kappa shape index (κ2) is 9.03. The van der Waals surface area contributed by atoms with Crippen molar-refractivity contribution in [1.82, 2.24) is 0 Å². The number of carbonyl (C=O) groups excluding carboxylic acids is 2. The smallest absolute Gasteiger partial charge is 0.429 e. The molecule has 0 amide bonds. The molecular formula is C20H28O6. The van der Waals surface area contributed by atoms with Crippen LogP contribution < -0.4 is 0 Å². The molecule has 0 bridgehead atoms. The van der Waals surface area contributed by atoms with Crippen LogP contribution in [0.5, 0.6) is 0 Å². The average molecular weight is 364 g/mol. The molecule has 0 heterocycles. The molecule has 1 fully saturated rings. The van der Waals surface area contributed by atoms with Crippen molar-refractivity contribution < 1.29 is 29.1 Å². The molecule has 0 radical (unpaired) electrons. The SMILES string of the molecule is Cc1cccc(C)c1C(=O)OOOC(=O)OC1CC(C)CCC1C(C)C. The minimum absolute atomic E-state index is 0.218. The van der Waals surface area contributed by atoms with Gasteiger partial charge in [-0.2, -0.15) is 0 Å². The zero-order valence-corrected chi connectivity index (χ0v) is 16.1. The van der Waals surface area contributed by atoms with Crippen molar-refractivity contribution in [3.8, 4) is 0 Å². The van der Waals surface area contributed by atoms with E-state index in [9.17, 15) is 9.59 Å². The number of carbonyl (C=O) groups is 2. The molecule has 0 spiro atoms. The van der Waals surface area contributed by atoms with Crippen LogP contribution in [0.15, 0.2) is 18.2 Å². The van der Waals surface area contributed by atoms with Crippen molar-refractivity contribution in [2.45, 2.75) is 60.0 Å². The van der Waals surface area contributed by atoms with Gasteiger partial charge in [-0.05, 0) is 55.6 Å². The molecule has 0 aromatic heterocycles. The lowest BCUT2D eigenvalue weighted by atomic mass is 9.75. The molecule has 0 N–H and O–H groups in total. The predicted octanol–water partition coefficient (Wildman–Crippen LogP) is 4.92. The highest BCUT2D eigenvalue weighted by Crippen LogP contribution is 2.35. The number of hydrogen-bond donors (Lipinski definition) is 0. The molecule has 6 heteroatoms. The first-order valence-electron chi connectivity index (χ1n) is 9.12. The monoisotopic (exact) mass is 364 g/mol. The third-order valence-corrected chi connectivity index (χ3v) is 5.11. The van der Waals surface area contributed by atoms with E-state index in [1.165, 1.54) is 0 Å². The lowest BCUT2D eigenvalue weighted by Gasteiger charge is -2.36. The number of hydrogen-bond acceptors (Lipinski definition) is 6. The van der Waals surface area contributed by atoms with Gasteiger partial charge in [-0.3, -0.25) is 4.89 Å². The minimum Gasteiger partial charge on any atom is -0.429 e. The Hall–Kier alpha value is -2.08. The van der Waals surface area contributed by atoms with Crippen molar-refractivity contribution in [3.63, 3.8) is 0 Å². The fourth-order valence-corrected chi connectivity index (χ4v) is 3.65. The summed E-state index contributed by atoms with van der Waals surface area (Å²) in [5, 5.41) is 4.36. The molecule has 2 rings (SSSR count). The van der Waals surface area contributed by atoms with E-state index in [2.05, 4.69) is 35.6 Å². The van der Waals surface area contributed by atoms with Gasteiger partial charge in [0.05, 0.1) is 10.6 Å². The Balaban J connectivity index is 1.84. The zero-order chi connectivity index (χ0) is 19.3. The van der Waals surface area contributed by atoms with Gasteiger partial charge in [-0.25, -0.2) is 14.5 Å². The molecule has 26 heavy (non-hydrogen) atoms. The maximum Gasteiger partial charge on any atom is 0.543 e. The molecule has 144 valence electrons. The Morgan fingerprint density at radius 1 is 1.08 bits per heavy atom. The van der Waals surface area contributed by atoms with E-state index in [1.54, 1.807) is 26.0 Å². The van der Waals surface area contributed by atoms with E-state index in [4.69, 9.17) is 4.74 Å². The topological polar surface area (TPSA) is 71.1 Å². The number of rotatable bonds is 5. The van der Waals surface area contributed by atoms with Crippen molar-refractivity contribution in [2.24, 2.45) is 17.8 Å². The average Bonchev–Trinajstić information content (AvgIpc) is 2.54. The molecule has 6 nitrogen and oxygen atoms in total. The molecule has 3 atom stereocenters. The summed E-state index contributed by atoms with van der Waals surface area (Å²) in [6.45, 7) is 9.95. The van der Waals surface area contributed by atoms with Gasteiger partial charge < -0.3 is 4.74 Å². The van der Waals surface area contributed by atoms with Crippen molar-refractivity contribution in [2.75, 3.05) is 0 Å². The minimum atomic E-state index is -0.996. The third-order valence-electron chi connectivity index (χ3n) is 5.11. The van der Waals surface area contributed by atoms with E-state index in [0.717, 1.165) is 30.4 Å². The molecule has 1 aliphatic rings. The summed E-state index contributed by atoms with van der Waals surface area (Å²) >= 11 is 0. The normalized spacial score (nSPS) is 22.8. The lowest BCUT2D eigenvalue weighted by molar-refractivity contribution is -0.453. The van der Waals surface area contributed by atoms with Crippen LogP contribution in [0.1, 0.15) is 61.5 Å². The van der Waals surface area contributed by atoms with Crippen LogP contribution in [0, 0.1) is 31.6 Å². The third kappa shape index (κ3) is 5.21. The summed E-state index contributed by atoms with van der Waals surface area (Å²) in [5.74, 6) is 0.462. The molecule has 1 aliphatic carbocycles. The quantitative estimate of drug-likeness (QED) is 0.419. The van der Waals surface area contributed by atoms with Gasteiger partial charge in [0.15, 0.2) is 0 Å². The first-order chi connectivity index (χ1) is 12.3. The standard InChI is InChI=1S/C20H28O6/c1-12(2)16-10-9-13(3)11-17(16)23-20(22)25-26-24-19(21)18-14(4)7-6-8-15(18)5/h6-8,12-13,16-17H,9-11H2,1-5H3. The summed E-state index contributed by atoms with van der Waals surface area (Å²) in [5.41, 5.74) is 1.87. The van der Waals surface area contributed by atoms with Crippen molar-refractivity contribution >= 4 is 12.1 Å². The number of aryl methyl sites for hydroxylation is 2. The fraction of sp³-hybridized carbons (Fsp3) is 0.600. The number of benzene rings is 1. The second-order valence-electron chi connectivity index (χ2n) is 7.52. The van der Waals surface area contributed by atoms with Crippen molar-refractivity contribution in [1.29, 1.82) is 0 Å². The Labute approximate surface area is 154 Å². The Kier molecular flexibility index (Phi) is 7.03. The highest BCUT2D eigenvalue weighted by molar-refractivity contribution is 5.92. The first kappa shape index (κ1) is 20.2. The molecule has 1 aromatic rings. The van der Waals surface area contributed by atoms with Gasteiger partial charge in [0, 0.05) is 0 Å². The van der Waals surface area contributed by atoms with Crippen LogP contribution in [0.25, 0.3) is 0 Å². The molecule has 3 unspecified atom stereocenters. The second-order valence-corrected chi connectivity index (χ2v) is 7.52. The van der Waals surface area contributed by atoms with E-state index < -0.39 is 12.1 Å². The Morgan fingerprint density at radius 2 is 1.73 bits per heavy atom. The van der Waals surface area contributed by atoms with Gasteiger partial charge in [-0.15, -0.1) is 0 Å². The molecule has 1 aromatic carbocycles. The van der Waals surface area contributed by atoms with Gasteiger partial charge in [-0.1, -0.05) is 45.4 Å². The lowest BCUT2D eigenvalue weighted by Crippen LogP contribution is -2.36. The summed E-state index contributed by atoms with van der Waals surface area (Å²) < 4.78 is 5.39. The van der Waals surface area contributed by atoms with Gasteiger partial charge in [0.1, 0.15) is 6.10 Å². The van der Waals surface area contributed by atoms with Gasteiger partial charge in [0.2, 0.25) is 0 Å². The Morgan fingerprint density at radius 3 is 2.35 bits per heavy atom. The van der Waals surface area contributed by atoms with Crippen LogP contribution >= 0.6 is 0 Å². The van der Waals surface area contributed by atoms with Crippen molar-refractivity contribution in [3.05, 3.63) is 34.9 Å². The summed E-state index contributed by atoms with van der Waals surface area (Å²) in [4.78, 5) is 33.0. The molecule has 1 saturated carbocycles. The van der Waals surface area contributed by atoms with E-state index >= 15 is 0 Å². The van der Waals surface area contributed by atoms with Crippen LogP contribution in [-0.2, 0) is 19.6 Å². The van der Waals surface area contributed by atoms with Crippen LogP contribution in [0.3, 0.4) is 0 Å². The van der Waals surface area contributed by atoms with Gasteiger partial charge >= 0.3 is 12.1 Å². The van der Waals surface area contributed by atoms with Gasteiger partial charge in [0.25, 0.3) is 0 Å². The molecular weight excluding hydrogens is 336 g/mol. The van der Waals surface area contributed by atoms with Crippen LogP contribution in [-0.4, -0.2) is 18.2 Å².